The maximum absolute atomic E-state index is 14.8. The minimum atomic E-state index is -1.40. The minimum absolute atomic E-state index is 0.00176. The first kappa shape index (κ1) is 50.3. The van der Waals surface area contributed by atoms with Gasteiger partial charge in [-0.15, -0.1) is 0 Å². The Bertz CT molecular complexity index is 2480. The Morgan fingerprint density at radius 1 is 0.868 bits per heavy atom. The van der Waals surface area contributed by atoms with Crippen molar-refractivity contribution in [3.63, 3.8) is 0 Å². The summed E-state index contributed by atoms with van der Waals surface area (Å²) >= 11 is 0. The fourth-order valence-corrected chi connectivity index (χ4v) is 8.51. The molecule has 0 saturated carbocycles. The second-order valence-electron chi connectivity index (χ2n) is 16.9. The molecular weight excluding hydrogens is 869 g/mol. The van der Waals surface area contributed by atoms with Crippen LogP contribution in [0.15, 0.2) is 60.7 Å². The Morgan fingerprint density at radius 3 is 2.12 bits per heavy atom. The van der Waals surface area contributed by atoms with Gasteiger partial charge in [0.15, 0.2) is 5.82 Å². The van der Waals surface area contributed by atoms with E-state index in [2.05, 4.69) is 38.3 Å². The maximum Gasteiger partial charge on any atom is 0.255 e. The molecule has 4 aromatic rings. The molecule has 3 heterocycles. The van der Waals surface area contributed by atoms with Gasteiger partial charge in [-0.1, -0.05) is 12.1 Å². The highest BCUT2D eigenvalue weighted by molar-refractivity contribution is 6.00. The summed E-state index contributed by atoms with van der Waals surface area (Å²) < 4.78 is 12.2. The molecule has 5 amide bonds. The number of aromatic nitrogens is 2. The SMILES string of the molecule is Cc1nc(-c2ccc(N3CCCCC3)cc2)nc(C)c1C(=O)NC(CCN)C(=O)N(C)C1C(=O)NC(C)C(=O)NC(C(=O)NCC#N)Cc2ccc(OCCN)c(c2)-c2cc1ccc2OCCN. The van der Waals surface area contributed by atoms with E-state index in [4.69, 9.17) is 36.6 Å². The van der Waals surface area contributed by atoms with Crippen LogP contribution in [0.3, 0.4) is 0 Å². The number of fused-ring (bicyclic) bond motifs is 5. The second-order valence-corrected chi connectivity index (χ2v) is 16.9. The molecule has 4 bridgehead atoms. The number of aryl methyl sites for hydroxylation is 2. The van der Waals surface area contributed by atoms with Gasteiger partial charge in [-0.05, 0) is 113 Å². The molecular formula is C49H62N12O7. The van der Waals surface area contributed by atoms with Gasteiger partial charge in [-0.25, -0.2) is 9.97 Å². The van der Waals surface area contributed by atoms with Gasteiger partial charge in [0.25, 0.3) is 5.91 Å². The molecule has 19 heteroatoms. The zero-order valence-corrected chi connectivity index (χ0v) is 39.1. The quantitative estimate of drug-likeness (QED) is 0.0791. The summed E-state index contributed by atoms with van der Waals surface area (Å²) in [6.07, 6.45) is 3.57. The largest absolute Gasteiger partial charge is 0.492 e. The summed E-state index contributed by atoms with van der Waals surface area (Å²) in [4.78, 5) is 83.6. The molecule has 1 saturated heterocycles. The van der Waals surface area contributed by atoms with Gasteiger partial charge >= 0.3 is 0 Å². The van der Waals surface area contributed by atoms with E-state index in [1.54, 1.807) is 50.2 Å². The summed E-state index contributed by atoms with van der Waals surface area (Å²) in [5, 5.41) is 20.0. The number of ether oxygens (including phenoxy) is 2. The molecule has 3 aromatic carbocycles. The van der Waals surface area contributed by atoms with E-state index in [1.165, 1.54) is 25.3 Å². The molecule has 68 heavy (non-hydrogen) atoms. The number of anilines is 1. The molecule has 2 aliphatic rings. The lowest BCUT2D eigenvalue weighted by molar-refractivity contribution is -0.141. The Kier molecular flexibility index (Phi) is 17.4. The average molecular weight is 931 g/mol. The molecule has 0 spiro atoms. The number of carbonyl (C=O) groups is 5. The van der Waals surface area contributed by atoms with Gasteiger partial charge in [-0.2, -0.15) is 5.26 Å². The average Bonchev–Trinajstić information content (AvgIpc) is 3.33. The maximum atomic E-state index is 14.8. The lowest BCUT2D eigenvalue weighted by Crippen LogP contribution is -2.56. The van der Waals surface area contributed by atoms with Crippen LogP contribution in [0, 0.1) is 25.2 Å². The number of hydrogen-bond acceptors (Lipinski definition) is 14. The summed E-state index contributed by atoms with van der Waals surface area (Å²) in [5.41, 5.74) is 22.6. The second kappa shape index (κ2) is 23.5. The van der Waals surface area contributed by atoms with Gasteiger partial charge in [0.05, 0.1) is 23.0 Å². The Labute approximate surface area is 396 Å². The Balaban J connectivity index is 1.36. The normalized spacial score (nSPS) is 17.6. The number of nitriles is 1. The van der Waals surface area contributed by atoms with Crippen molar-refractivity contribution in [1.82, 2.24) is 36.1 Å². The molecule has 4 unspecified atom stereocenters. The number of piperidine rings is 1. The van der Waals surface area contributed by atoms with Crippen molar-refractivity contribution in [3.8, 4) is 40.1 Å². The number of nitrogens with one attached hydrogen (secondary N) is 4. The van der Waals surface area contributed by atoms with Crippen molar-refractivity contribution >= 4 is 35.2 Å². The third kappa shape index (κ3) is 12.1. The predicted molar refractivity (Wildman–Crippen MR) is 256 cm³/mol. The molecule has 0 aliphatic carbocycles. The van der Waals surface area contributed by atoms with E-state index < -0.39 is 53.7 Å². The highest BCUT2D eigenvalue weighted by Crippen LogP contribution is 2.40. The molecule has 1 aromatic heterocycles. The third-order valence-corrected chi connectivity index (χ3v) is 12.0. The Hall–Kier alpha value is -7.14. The number of nitrogens with two attached hydrogens (primary N) is 3. The van der Waals surface area contributed by atoms with E-state index in [0.717, 1.165) is 37.2 Å². The van der Waals surface area contributed by atoms with Crippen molar-refractivity contribution in [2.45, 2.75) is 77.0 Å². The molecule has 1 fully saturated rings. The first-order valence-electron chi connectivity index (χ1n) is 22.9. The number of hydrogen-bond donors (Lipinski definition) is 7. The summed E-state index contributed by atoms with van der Waals surface area (Å²) in [5.74, 6) is -2.09. The van der Waals surface area contributed by atoms with Crippen LogP contribution in [0.2, 0.25) is 0 Å². The fourth-order valence-electron chi connectivity index (χ4n) is 8.51. The predicted octanol–water partition coefficient (Wildman–Crippen LogP) is 1.93. The van der Waals surface area contributed by atoms with E-state index in [1.807, 2.05) is 18.2 Å². The van der Waals surface area contributed by atoms with Crippen molar-refractivity contribution < 1.29 is 33.4 Å². The number of rotatable bonds is 16. The lowest BCUT2D eigenvalue weighted by atomic mass is 9.93. The van der Waals surface area contributed by atoms with Crippen molar-refractivity contribution in [1.29, 1.82) is 5.26 Å². The van der Waals surface area contributed by atoms with Gasteiger partial charge in [0, 0.05) is 62.0 Å². The molecule has 2 aliphatic heterocycles. The summed E-state index contributed by atoms with van der Waals surface area (Å²) in [6.45, 7) is 7.26. The van der Waals surface area contributed by atoms with E-state index in [0.29, 0.717) is 51.0 Å². The zero-order valence-electron chi connectivity index (χ0n) is 39.1. The van der Waals surface area contributed by atoms with E-state index in [-0.39, 0.29) is 57.8 Å². The monoisotopic (exact) mass is 930 g/mol. The topological polar surface area (TPSA) is 286 Å². The number of carbonyl (C=O) groups excluding carboxylic acids is 5. The van der Waals surface area contributed by atoms with Gasteiger partial charge in [-0.3, -0.25) is 24.0 Å². The van der Waals surface area contributed by atoms with Gasteiger partial charge in [0.2, 0.25) is 23.6 Å². The van der Waals surface area contributed by atoms with Crippen LogP contribution in [-0.2, 0) is 25.6 Å². The smallest absolute Gasteiger partial charge is 0.255 e. The molecule has 360 valence electrons. The van der Waals surface area contributed by atoms with Crippen molar-refractivity contribution in [2.75, 3.05) is 64.4 Å². The third-order valence-electron chi connectivity index (χ3n) is 12.0. The number of nitrogens with zero attached hydrogens (tertiary/aromatic N) is 5. The summed E-state index contributed by atoms with van der Waals surface area (Å²) in [7, 11) is 1.42. The van der Waals surface area contributed by atoms with Gasteiger partial charge < -0.3 is 57.7 Å². The van der Waals surface area contributed by atoms with E-state index in [9.17, 15) is 29.2 Å². The van der Waals surface area contributed by atoms with Gasteiger partial charge in [0.1, 0.15) is 55.4 Å². The number of benzene rings is 3. The first-order valence-corrected chi connectivity index (χ1v) is 22.9. The van der Waals surface area contributed by atoms with Crippen LogP contribution in [0.25, 0.3) is 22.5 Å². The minimum Gasteiger partial charge on any atom is -0.492 e. The number of likely N-dealkylation sites (N-methyl/N-ethyl adjacent to an activating group) is 1. The van der Waals surface area contributed by atoms with Crippen LogP contribution >= 0.6 is 0 Å². The number of amides is 5. The molecule has 4 atom stereocenters. The van der Waals surface area contributed by atoms with Crippen LogP contribution in [0.5, 0.6) is 11.5 Å². The Morgan fingerprint density at radius 2 is 1.50 bits per heavy atom. The lowest BCUT2D eigenvalue weighted by Gasteiger charge is -2.32. The molecule has 19 nitrogen and oxygen atoms in total. The zero-order chi connectivity index (χ0) is 48.9. The molecule has 6 rings (SSSR count). The first-order chi connectivity index (χ1) is 32.8. The highest BCUT2D eigenvalue weighted by atomic mass is 16.5. The van der Waals surface area contributed by atoms with E-state index >= 15 is 0 Å². The highest BCUT2D eigenvalue weighted by Gasteiger charge is 2.36. The van der Waals surface area contributed by atoms with Crippen LogP contribution in [-0.4, -0.2) is 122 Å². The van der Waals surface area contributed by atoms with Crippen molar-refractivity contribution in [2.24, 2.45) is 17.2 Å². The van der Waals surface area contributed by atoms with Crippen LogP contribution < -0.4 is 52.8 Å². The molecule has 0 radical (unpaired) electrons. The standard InChI is InChI=1S/C49H62N12O7/c1-29-42(30(2)56-44(55-29)33-9-12-35(13-10-33)61-22-6-5-7-23-61)47(64)58-38(16-17-50)49(66)60(4)43-34-11-15-41(68-25-20-53)37(28-34)36-26-32(8-14-40(36)67-24-19-52)27-39(46(63)54-21-18-51)59-45(62)31(3)57-48(43)65/h8-15,26,28,31,38-39,43H,5-7,16-17,19-25,27,50,52-53H2,1-4H3,(H,54,63)(H,57,65)(H,58,64)(H,59,62). The fraction of sp³-hybridized carbons (Fsp3) is 0.429. The molecule has 10 N–H and O–H groups in total. The van der Waals surface area contributed by atoms with Crippen molar-refractivity contribution in [3.05, 3.63) is 88.7 Å². The summed E-state index contributed by atoms with van der Waals surface area (Å²) in [6, 6.07) is 15.1. The van der Waals surface area contributed by atoms with Crippen LogP contribution in [0.1, 0.15) is 71.5 Å². The van der Waals surface area contributed by atoms with Crippen LogP contribution in [0.4, 0.5) is 5.69 Å².